The number of benzene rings is 1. The Kier molecular flexibility index (Phi) is 7.86. The average molecular weight is 504 g/mol. The molecule has 10 atom stereocenters. The second kappa shape index (κ2) is 10.7. The molecule has 37 heavy (non-hydrogen) atoms. The maximum absolute atomic E-state index is 11.2. The predicted octanol–water partition coefficient (Wildman–Crippen LogP) is 8.81. The van der Waals surface area contributed by atoms with E-state index in [-0.39, 0.29) is 6.10 Å². The van der Waals surface area contributed by atoms with Crippen molar-refractivity contribution in [2.45, 2.75) is 118 Å². The van der Waals surface area contributed by atoms with Crippen LogP contribution in [0.2, 0.25) is 0 Å². The molecule has 1 aromatic carbocycles. The molecule has 5 rings (SSSR count). The van der Waals surface area contributed by atoms with Gasteiger partial charge in [-0.3, -0.25) is 0 Å². The molecule has 0 spiro atoms. The van der Waals surface area contributed by atoms with Crippen LogP contribution in [0.25, 0.3) is 0 Å². The average Bonchev–Trinajstić information content (AvgIpc) is 3.23. The lowest BCUT2D eigenvalue weighted by molar-refractivity contribution is -0.152. The molecule has 0 bridgehead atoms. The van der Waals surface area contributed by atoms with E-state index in [1.807, 2.05) is 12.1 Å². The van der Waals surface area contributed by atoms with E-state index in [4.69, 9.17) is 0 Å². The van der Waals surface area contributed by atoms with Crippen LogP contribution in [0, 0.1) is 69.5 Å². The Morgan fingerprint density at radius 1 is 0.865 bits per heavy atom. The minimum atomic E-state index is -0.179. The molecule has 0 aromatic heterocycles. The minimum absolute atomic E-state index is 0.179. The highest BCUT2D eigenvalue weighted by molar-refractivity contribution is 5.32. The lowest BCUT2D eigenvalue weighted by Gasteiger charge is -2.63. The topological polar surface area (TPSA) is 44.0 Å². The zero-order valence-corrected chi connectivity index (χ0v) is 24.4. The number of nitrogens with zero attached hydrogens (tertiary/aromatic N) is 1. The molecule has 0 saturated heterocycles. The fraction of sp³-hybridized carbons (Fsp3) is 0.800. The first-order valence-corrected chi connectivity index (χ1v) is 15.8. The van der Waals surface area contributed by atoms with Crippen LogP contribution in [0.5, 0.6) is 0 Å². The number of aliphatic hydroxyl groups excluding tert-OH is 1. The molecule has 0 unspecified atom stereocenters. The summed E-state index contributed by atoms with van der Waals surface area (Å²) in [7, 11) is 0. The Hall–Kier alpha value is -1.33. The molecule has 4 saturated carbocycles. The number of fused-ring (bicyclic) bond motifs is 5. The van der Waals surface area contributed by atoms with Crippen molar-refractivity contribution in [3.05, 3.63) is 35.4 Å². The molecule has 4 fully saturated rings. The Morgan fingerprint density at radius 2 is 1.54 bits per heavy atom. The monoisotopic (exact) mass is 503 g/mol. The van der Waals surface area contributed by atoms with Gasteiger partial charge in [-0.25, -0.2) is 0 Å². The van der Waals surface area contributed by atoms with Gasteiger partial charge in [-0.15, -0.1) is 0 Å². The highest BCUT2D eigenvalue weighted by Gasteiger charge is 2.61. The Labute approximate surface area is 227 Å². The van der Waals surface area contributed by atoms with Gasteiger partial charge in [0, 0.05) is 0 Å². The van der Waals surface area contributed by atoms with E-state index < -0.39 is 0 Å². The van der Waals surface area contributed by atoms with Crippen LogP contribution in [0.15, 0.2) is 24.3 Å². The maximum Gasteiger partial charge on any atom is 0.0991 e. The molecule has 4 aliphatic carbocycles. The summed E-state index contributed by atoms with van der Waals surface area (Å²) in [5.41, 5.74) is 2.95. The maximum atomic E-state index is 11.2. The standard InChI is InChI=1S/C35H53NO/c1-23(2)7-6-8-24(3)29-15-16-30-27-13-14-31-28(21-25-9-11-26(22-36)12-10-25)33(37)18-20-35(31,5)32(27)17-19-34(29,30)4/h9-12,23-24,27-33,37H,6-8,13-21H2,1-5H3/t24-,27+,28+,29-,30+,31+,32+,33-,34-,35+/m1/s1. The molecule has 204 valence electrons. The third-order valence-electron chi connectivity index (χ3n) is 12.7. The summed E-state index contributed by atoms with van der Waals surface area (Å²) in [6.45, 7) is 12.7. The number of hydrogen-bond acceptors (Lipinski definition) is 2. The highest BCUT2D eigenvalue weighted by Crippen LogP contribution is 2.69. The van der Waals surface area contributed by atoms with Crippen LogP contribution in [0.4, 0.5) is 0 Å². The number of nitriles is 1. The van der Waals surface area contributed by atoms with Crippen LogP contribution < -0.4 is 0 Å². The summed E-state index contributed by atoms with van der Waals surface area (Å²) in [6.07, 6.45) is 15.6. The smallest absolute Gasteiger partial charge is 0.0991 e. The van der Waals surface area contributed by atoms with Gasteiger partial charge in [0.25, 0.3) is 0 Å². The fourth-order valence-corrected chi connectivity index (χ4v) is 10.8. The summed E-state index contributed by atoms with van der Waals surface area (Å²) < 4.78 is 0. The molecular formula is C35H53NO. The first-order valence-electron chi connectivity index (χ1n) is 15.8. The molecular weight excluding hydrogens is 450 g/mol. The van der Waals surface area contributed by atoms with Crippen LogP contribution >= 0.6 is 0 Å². The molecule has 2 nitrogen and oxygen atoms in total. The summed E-state index contributed by atoms with van der Waals surface area (Å²) in [5, 5.41) is 20.4. The third-order valence-corrected chi connectivity index (χ3v) is 12.7. The van der Waals surface area contributed by atoms with Gasteiger partial charge in [0.15, 0.2) is 0 Å². The van der Waals surface area contributed by atoms with Gasteiger partial charge in [0.2, 0.25) is 0 Å². The summed E-state index contributed by atoms with van der Waals surface area (Å²) in [4.78, 5) is 0. The molecule has 1 N–H and O–H groups in total. The van der Waals surface area contributed by atoms with Gasteiger partial charge in [-0.1, -0.05) is 66.0 Å². The molecule has 2 heteroatoms. The summed E-state index contributed by atoms with van der Waals surface area (Å²) >= 11 is 0. The van der Waals surface area contributed by atoms with E-state index >= 15 is 0 Å². The van der Waals surface area contributed by atoms with E-state index in [0.717, 1.165) is 53.9 Å². The Balaban J connectivity index is 1.31. The van der Waals surface area contributed by atoms with Crippen LogP contribution in [-0.4, -0.2) is 11.2 Å². The SMILES string of the molecule is CC(C)CCC[C@@H](C)[C@H]1CC[C@H]2[C@@H]3CC[C@H]4[C@H](Cc5ccc(C#N)cc5)[C@H](O)CC[C@]4(C)[C@H]3CC[C@]12C. The van der Waals surface area contributed by atoms with Crippen molar-refractivity contribution in [1.82, 2.24) is 0 Å². The normalized spacial score (nSPS) is 41.9. The first-order chi connectivity index (χ1) is 17.7. The highest BCUT2D eigenvalue weighted by atomic mass is 16.3. The van der Waals surface area contributed by atoms with Gasteiger partial charge >= 0.3 is 0 Å². The molecule has 0 amide bonds. The van der Waals surface area contributed by atoms with Crippen molar-refractivity contribution >= 4 is 0 Å². The summed E-state index contributed by atoms with van der Waals surface area (Å²) in [5.74, 6) is 6.29. The van der Waals surface area contributed by atoms with Gasteiger partial charge in [0.1, 0.15) is 0 Å². The van der Waals surface area contributed by atoms with E-state index in [2.05, 4.69) is 52.8 Å². The predicted molar refractivity (Wildman–Crippen MR) is 153 cm³/mol. The van der Waals surface area contributed by atoms with Gasteiger partial charge in [-0.05, 0) is 134 Å². The van der Waals surface area contributed by atoms with Crippen LogP contribution in [0.1, 0.15) is 116 Å². The fourth-order valence-electron chi connectivity index (χ4n) is 10.8. The van der Waals surface area contributed by atoms with Crippen molar-refractivity contribution in [3.8, 4) is 6.07 Å². The van der Waals surface area contributed by atoms with Crippen molar-refractivity contribution in [3.63, 3.8) is 0 Å². The van der Waals surface area contributed by atoms with E-state index in [0.29, 0.717) is 22.7 Å². The van der Waals surface area contributed by atoms with Crippen LogP contribution in [-0.2, 0) is 6.42 Å². The second-order valence-corrected chi connectivity index (χ2v) is 14.9. The largest absolute Gasteiger partial charge is 0.393 e. The molecule has 0 aliphatic heterocycles. The van der Waals surface area contributed by atoms with Gasteiger partial charge in [-0.2, -0.15) is 5.26 Å². The third kappa shape index (κ3) is 4.93. The van der Waals surface area contributed by atoms with E-state index in [9.17, 15) is 10.4 Å². The van der Waals surface area contributed by atoms with Crippen molar-refractivity contribution < 1.29 is 5.11 Å². The quantitative estimate of drug-likeness (QED) is 0.404. The van der Waals surface area contributed by atoms with Gasteiger partial charge < -0.3 is 5.11 Å². The number of rotatable bonds is 7. The molecule has 1 aromatic rings. The van der Waals surface area contributed by atoms with Gasteiger partial charge in [0.05, 0.1) is 17.7 Å². The van der Waals surface area contributed by atoms with E-state index in [1.165, 1.54) is 69.8 Å². The van der Waals surface area contributed by atoms with Crippen molar-refractivity contribution in [2.24, 2.45) is 58.2 Å². The first kappa shape index (κ1) is 27.2. The lowest BCUT2D eigenvalue weighted by Crippen LogP contribution is -2.57. The molecule has 0 heterocycles. The lowest BCUT2D eigenvalue weighted by atomic mass is 9.42. The number of hydrogen-bond donors (Lipinski definition) is 1. The zero-order valence-electron chi connectivity index (χ0n) is 24.4. The Bertz CT molecular complexity index is 960. The van der Waals surface area contributed by atoms with Crippen molar-refractivity contribution in [1.29, 1.82) is 5.26 Å². The zero-order chi connectivity index (χ0) is 26.4. The number of aliphatic hydroxyl groups is 1. The van der Waals surface area contributed by atoms with Crippen LogP contribution in [0.3, 0.4) is 0 Å². The summed E-state index contributed by atoms with van der Waals surface area (Å²) in [6, 6.07) is 10.4. The second-order valence-electron chi connectivity index (χ2n) is 14.9. The Morgan fingerprint density at radius 3 is 2.24 bits per heavy atom. The minimum Gasteiger partial charge on any atom is -0.393 e. The molecule has 4 aliphatic rings. The molecule has 0 radical (unpaired) electrons. The van der Waals surface area contributed by atoms with Crippen molar-refractivity contribution in [2.75, 3.05) is 0 Å². The van der Waals surface area contributed by atoms with E-state index in [1.54, 1.807) is 0 Å².